The van der Waals surface area contributed by atoms with Crippen molar-refractivity contribution in [2.75, 3.05) is 26.7 Å². The van der Waals surface area contributed by atoms with Gasteiger partial charge in [0.1, 0.15) is 18.0 Å². The van der Waals surface area contributed by atoms with Gasteiger partial charge >= 0.3 is 0 Å². The fourth-order valence-electron chi connectivity index (χ4n) is 3.32. The summed E-state index contributed by atoms with van der Waals surface area (Å²) in [6.45, 7) is 5.84. The molecule has 0 saturated heterocycles. The zero-order valence-corrected chi connectivity index (χ0v) is 17.6. The number of carbonyl (C=O) groups excluding carboxylic acids is 2. The molecule has 9 heteroatoms. The molecule has 0 fully saturated rings. The minimum atomic E-state index is -0.374. The van der Waals surface area contributed by atoms with Gasteiger partial charge in [-0.2, -0.15) is 0 Å². The minimum Gasteiger partial charge on any atom is -0.472 e. The van der Waals surface area contributed by atoms with E-state index in [1.165, 1.54) is 13.3 Å². The van der Waals surface area contributed by atoms with E-state index in [0.717, 1.165) is 5.56 Å². The summed E-state index contributed by atoms with van der Waals surface area (Å²) in [6, 6.07) is 1.34. The Kier molecular flexibility index (Phi) is 6.61. The number of carbonyl (C=O) groups is 2. The van der Waals surface area contributed by atoms with E-state index in [9.17, 15) is 14.7 Å². The number of rotatable bonds is 5. The molecular formula is C21H27N5O4. The molecule has 0 bridgehead atoms. The van der Waals surface area contributed by atoms with Gasteiger partial charge in [-0.3, -0.25) is 9.59 Å². The van der Waals surface area contributed by atoms with Crippen molar-refractivity contribution >= 4 is 11.8 Å². The van der Waals surface area contributed by atoms with Gasteiger partial charge in [0.15, 0.2) is 0 Å². The average Bonchev–Trinajstić information content (AvgIpc) is 2.75. The highest BCUT2D eigenvalue weighted by Gasteiger charge is 2.34. The molecule has 2 aromatic rings. The number of ether oxygens (including phenoxy) is 1. The van der Waals surface area contributed by atoms with E-state index >= 15 is 0 Å². The van der Waals surface area contributed by atoms with E-state index in [0.29, 0.717) is 24.2 Å². The van der Waals surface area contributed by atoms with Crippen LogP contribution in [0.5, 0.6) is 5.88 Å². The van der Waals surface area contributed by atoms with Crippen LogP contribution in [0.2, 0.25) is 0 Å². The number of likely N-dealkylation sites (N-methyl/N-ethyl adjacent to an activating group) is 1. The first kappa shape index (κ1) is 21.6. The van der Waals surface area contributed by atoms with E-state index in [2.05, 4.69) is 15.0 Å². The van der Waals surface area contributed by atoms with Gasteiger partial charge in [0.05, 0.1) is 19.2 Å². The highest BCUT2D eigenvalue weighted by molar-refractivity contribution is 5.98. The Hall–Kier alpha value is -3.07. The average molecular weight is 413 g/mol. The number of pyridine rings is 1. The van der Waals surface area contributed by atoms with Gasteiger partial charge in [0, 0.05) is 56.2 Å². The molecule has 0 spiro atoms. The number of fused-ring (bicyclic) bond motifs is 1. The molecule has 2 amide bonds. The fourth-order valence-corrected chi connectivity index (χ4v) is 3.32. The number of aromatic nitrogens is 3. The lowest BCUT2D eigenvalue weighted by atomic mass is 9.99. The smallest absolute Gasteiger partial charge is 0.259 e. The van der Waals surface area contributed by atoms with E-state index in [-0.39, 0.29) is 42.4 Å². The van der Waals surface area contributed by atoms with Crippen molar-refractivity contribution in [3.05, 3.63) is 36.5 Å². The molecule has 1 aliphatic rings. The highest BCUT2D eigenvalue weighted by Crippen LogP contribution is 2.30. The van der Waals surface area contributed by atoms with E-state index in [1.54, 1.807) is 48.4 Å². The molecular weight excluding hydrogens is 386 g/mol. The lowest BCUT2D eigenvalue weighted by molar-refractivity contribution is -0.129. The van der Waals surface area contributed by atoms with Crippen LogP contribution in [0.25, 0.3) is 11.1 Å². The van der Waals surface area contributed by atoms with Crippen LogP contribution in [-0.4, -0.2) is 80.6 Å². The predicted molar refractivity (Wildman–Crippen MR) is 110 cm³/mol. The minimum absolute atomic E-state index is 0.0721. The largest absolute Gasteiger partial charge is 0.472 e. The topological polar surface area (TPSA) is 109 Å². The number of hydrogen-bond donors (Lipinski definition) is 1. The first-order valence-corrected chi connectivity index (χ1v) is 9.87. The predicted octanol–water partition coefficient (Wildman–Crippen LogP) is 1.24. The molecule has 3 atom stereocenters. The van der Waals surface area contributed by atoms with Crippen LogP contribution in [0.4, 0.5) is 0 Å². The standard InChI is InChI=1S/C21H27N5O4/c1-13-9-26(14(2)11-27)21(29)18-5-16(17-6-22-12-23-7-17)8-24-20(18)30-19(13)10-25(4)15(3)28/h5-8,12-14,19,27H,9-11H2,1-4H3/t13-,14-,19+/m1/s1. The van der Waals surface area contributed by atoms with Crippen LogP contribution in [0.1, 0.15) is 31.1 Å². The first-order valence-electron chi connectivity index (χ1n) is 9.87. The van der Waals surface area contributed by atoms with Gasteiger partial charge in [0.25, 0.3) is 5.91 Å². The number of hydrogen-bond acceptors (Lipinski definition) is 7. The Labute approximate surface area is 175 Å². The summed E-state index contributed by atoms with van der Waals surface area (Å²) in [5.74, 6) is -0.203. The lowest BCUT2D eigenvalue weighted by Crippen LogP contribution is -2.50. The molecule has 1 N–H and O–H groups in total. The number of nitrogens with zero attached hydrogens (tertiary/aromatic N) is 5. The van der Waals surface area contributed by atoms with Gasteiger partial charge in [-0.1, -0.05) is 6.92 Å². The maximum Gasteiger partial charge on any atom is 0.259 e. The maximum atomic E-state index is 13.4. The van der Waals surface area contributed by atoms with Crippen LogP contribution >= 0.6 is 0 Å². The number of amides is 2. The van der Waals surface area contributed by atoms with Crippen LogP contribution in [-0.2, 0) is 4.79 Å². The molecule has 0 saturated carbocycles. The third kappa shape index (κ3) is 4.56. The summed E-state index contributed by atoms with van der Waals surface area (Å²) in [5, 5.41) is 9.71. The summed E-state index contributed by atoms with van der Waals surface area (Å²) in [7, 11) is 1.71. The lowest BCUT2D eigenvalue weighted by Gasteiger charge is -2.37. The SMILES string of the molecule is CC(=O)N(C)C[C@@H]1Oc2ncc(-c3cncnc3)cc2C(=O)N([C@H](C)CO)C[C@H]1C. The molecule has 0 radical (unpaired) electrons. The Morgan fingerprint density at radius 1 is 1.33 bits per heavy atom. The third-order valence-electron chi connectivity index (χ3n) is 5.41. The van der Waals surface area contributed by atoms with Gasteiger partial charge in [-0.25, -0.2) is 15.0 Å². The van der Waals surface area contributed by atoms with Crippen molar-refractivity contribution in [3.63, 3.8) is 0 Å². The van der Waals surface area contributed by atoms with Crippen molar-refractivity contribution in [2.45, 2.75) is 32.9 Å². The summed E-state index contributed by atoms with van der Waals surface area (Å²) in [4.78, 5) is 40.8. The van der Waals surface area contributed by atoms with Crippen molar-refractivity contribution in [3.8, 4) is 17.0 Å². The second-order valence-electron chi connectivity index (χ2n) is 7.73. The molecule has 0 aliphatic carbocycles. The van der Waals surface area contributed by atoms with Gasteiger partial charge in [-0.05, 0) is 13.0 Å². The second-order valence-corrected chi connectivity index (χ2v) is 7.73. The Morgan fingerprint density at radius 2 is 2.03 bits per heavy atom. The van der Waals surface area contributed by atoms with E-state index in [4.69, 9.17) is 4.74 Å². The van der Waals surface area contributed by atoms with Crippen molar-refractivity contribution in [1.29, 1.82) is 0 Å². The number of aliphatic hydroxyl groups excluding tert-OH is 1. The molecule has 160 valence electrons. The van der Waals surface area contributed by atoms with Gasteiger partial charge < -0.3 is 19.6 Å². The monoisotopic (exact) mass is 413 g/mol. The third-order valence-corrected chi connectivity index (χ3v) is 5.41. The van der Waals surface area contributed by atoms with Crippen molar-refractivity contribution in [2.24, 2.45) is 5.92 Å². The molecule has 30 heavy (non-hydrogen) atoms. The zero-order chi connectivity index (χ0) is 21.8. The van der Waals surface area contributed by atoms with Crippen LogP contribution in [0.3, 0.4) is 0 Å². The molecule has 3 rings (SSSR count). The Morgan fingerprint density at radius 3 is 2.67 bits per heavy atom. The quantitative estimate of drug-likeness (QED) is 0.785. The summed E-state index contributed by atoms with van der Waals surface area (Å²) in [6.07, 6.45) is 5.97. The van der Waals surface area contributed by atoms with Crippen molar-refractivity contribution < 1.29 is 19.4 Å². The van der Waals surface area contributed by atoms with Crippen LogP contribution in [0.15, 0.2) is 31.0 Å². The van der Waals surface area contributed by atoms with Gasteiger partial charge in [-0.15, -0.1) is 0 Å². The molecule has 2 aromatic heterocycles. The normalized spacial score (nSPS) is 19.9. The first-order chi connectivity index (χ1) is 14.3. The summed E-state index contributed by atoms with van der Waals surface area (Å²) >= 11 is 0. The van der Waals surface area contributed by atoms with Gasteiger partial charge in [0.2, 0.25) is 11.8 Å². The molecule has 3 heterocycles. The maximum absolute atomic E-state index is 13.4. The fraction of sp³-hybridized carbons (Fsp3) is 0.476. The summed E-state index contributed by atoms with van der Waals surface area (Å²) < 4.78 is 6.15. The molecule has 0 unspecified atom stereocenters. The second kappa shape index (κ2) is 9.17. The highest BCUT2D eigenvalue weighted by atomic mass is 16.5. The van der Waals surface area contributed by atoms with E-state index < -0.39 is 0 Å². The van der Waals surface area contributed by atoms with Crippen LogP contribution in [0, 0.1) is 5.92 Å². The Balaban J connectivity index is 2.05. The van der Waals surface area contributed by atoms with Crippen molar-refractivity contribution in [1.82, 2.24) is 24.8 Å². The molecule has 1 aliphatic heterocycles. The Bertz CT molecular complexity index is 908. The molecule has 0 aromatic carbocycles. The summed E-state index contributed by atoms with van der Waals surface area (Å²) in [5.41, 5.74) is 1.72. The molecule has 9 nitrogen and oxygen atoms in total. The zero-order valence-electron chi connectivity index (χ0n) is 17.6. The van der Waals surface area contributed by atoms with Crippen LogP contribution < -0.4 is 4.74 Å². The number of aliphatic hydroxyl groups is 1. The van der Waals surface area contributed by atoms with E-state index in [1.807, 2.05) is 6.92 Å².